The first-order valence-corrected chi connectivity index (χ1v) is 6.70. The molecule has 2 rings (SSSR count). The summed E-state index contributed by atoms with van der Waals surface area (Å²) in [6, 6.07) is 7.72. The van der Waals surface area contributed by atoms with E-state index in [9.17, 15) is 4.79 Å². The van der Waals surface area contributed by atoms with Crippen molar-refractivity contribution in [3.05, 3.63) is 24.3 Å². The Bertz CT molecular complexity index is 377. The maximum absolute atomic E-state index is 11.6. The summed E-state index contributed by atoms with van der Waals surface area (Å²) < 4.78 is 0. The average molecular weight is 236 g/mol. The number of para-hydroxylation sites is 1. The number of hydrogen-bond acceptors (Lipinski definition) is 2. The Morgan fingerprint density at radius 2 is 2.19 bits per heavy atom. The maximum atomic E-state index is 11.6. The third-order valence-corrected chi connectivity index (χ3v) is 3.40. The molecule has 0 radical (unpaired) electrons. The van der Waals surface area contributed by atoms with Crippen molar-refractivity contribution in [2.24, 2.45) is 5.92 Å². The lowest BCUT2D eigenvalue weighted by molar-refractivity contribution is 0.251. The monoisotopic (exact) mass is 236 g/mol. The Hall–Kier alpha value is -1.16. The Morgan fingerprint density at radius 1 is 1.44 bits per heavy atom. The van der Waals surface area contributed by atoms with Crippen LogP contribution in [-0.2, 0) is 0 Å². The number of urea groups is 1. The lowest BCUT2D eigenvalue weighted by Crippen LogP contribution is -2.30. The van der Waals surface area contributed by atoms with Crippen molar-refractivity contribution in [1.82, 2.24) is 5.32 Å². The highest BCUT2D eigenvalue weighted by molar-refractivity contribution is 7.98. The molecule has 2 N–H and O–H groups in total. The standard InChI is InChI=1S/C12H16N2OS/c1-16-11-5-3-2-4-10(11)14-12(15)13-8-9-6-7-9/h2-5,9H,6-8H2,1H3,(H2,13,14,15). The molecular weight excluding hydrogens is 220 g/mol. The van der Waals surface area contributed by atoms with E-state index in [0.29, 0.717) is 5.92 Å². The number of amides is 2. The molecule has 3 nitrogen and oxygen atoms in total. The van der Waals surface area contributed by atoms with Crippen LogP contribution in [0, 0.1) is 5.92 Å². The zero-order valence-corrected chi connectivity index (χ0v) is 10.1. The van der Waals surface area contributed by atoms with E-state index in [0.717, 1.165) is 17.1 Å². The molecule has 0 bridgehead atoms. The second kappa shape index (κ2) is 5.25. The van der Waals surface area contributed by atoms with E-state index in [4.69, 9.17) is 0 Å². The molecular formula is C12H16N2OS. The Kier molecular flexibility index (Phi) is 3.72. The molecule has 86 valence electrons. The largest absolute Gasteiger partial charge is 0.338 e. The normalized spacial score (nSPS) is 14.6. The topological polar surface area (TPSA) is 41.1 Å². The Balaban J connectivity index is 1.88. The first kappa shape index (κ1) is 11.3. The van der Waals surface area contributed by atoms with E-state index < -0.39 is 0 Å². The van der Waals surface area contributed by atoms with Crippen molar-refractivity contribution in [3.63, 3.8) is 0 Å². The van der Waals surface area contributed by atoms with Gasteiger partial charge in [0, 0.05) is 11.4 Å². The molecule has 0 aromatic heterocycles. The summed E-state index contributed by atoms with van der Waals surface area (Å²) in [5.41, 5.74) is 0.878. The Labute approximate surface area is 100.0 Å². The van der Waals surface area contributed by atoms with Crippen LogP contribution < -0.4 is 10.6 Å². The molecule has 0 atom stereocenters. The summed E-state index contributed by atoms with van der Waals surface area (Å²) in [5, 5.41) is 5.76. The molecule has 0 heterocycles. The highest BCUT2D eigenvalue weighted by atomic mass is 32.2. The van der Waals surface area contributed by atoms with Crippen LogP contribution in [0.25, 0.3) is 0 Å². The van der Waals surface area contributed by atoms with Gasteiger partial charge in [0.1, 0.15) is 0 Å². The van der Waals surface area contributed by atoms with Gasteiger partial charge in [0.15, 0.2) is 0 Å². The minimum atomic E-state index is -0.103. The fourth-order valence-electron chi connectivity index (χ4n) is 1.47. The number of nitrogens with one attached hydrogen (secondary N) is 2. The van der Waals surface area contributed by atoms with Gasteiger partial charge >= 0.3 is 6.03 Å². The molecule has 2 amide bonds. The fourth-order valence-corrected chi connectivity index (χ4v) is 2.03. The zero-order valence-electron chi connectivity index (χ0n) is 9.32. The van der Waals surface area contributed by atoms with Crippen molar-refractivity contribution in [2.45, 2.75) is 17.7 Å². The summed E-state index contributed by atoms with van der Waals surface area (Å²) in [5.74, 6) is 0.710. The van der Waals surface area contributed by atoms with Crippen molar-refractivity contribution in [2.75, 3.05) is 18.1 Å². The van der Waals surface area contributed by atoms with Crippen LogP contribution in [0.5, 0.6) is 0 Å². The number of hydrogen-bond donors (Lipinski definition) is 2. The van der Waals surface area contributed by atoms with Crippen LogP contribution >= 0.6 is 11.8 Å². The predicted octanol–water partition coefficient (Wildman–Crippen LogP) is 2.94. The highest BCUT2D eigenvalue weighted by Crippen LogP contribution is 2.28. The van der Waals surface area contributed by atoms with Crippen LogP contribution in [0.15, 0.2) is 29.2 Å². The number of benzene rings is 1. The van der Waals surface area contributed by atoms with Gasteiger partial charge in [0.25, 0.3) is 0 Å². The minimum Gasteiger partial charge on any atom is -0.338 e. The number of carbonyl (C=O) groups is 1. The molecule has 4 heteroatoms. The van der Waals surface area contributed by atoms with Gasteiger partial charge in [-0.15, -0.1) is 11.8 Å². The van der Waals surface area contributed by atoms with Gasteiger partial charge in [-0.25, -0.2) is 4.79 Å². The zero-order chi connectivity index (χ0) is 11.4. The third kappa shape index (κ3) is 3.17. The van der Waals surface area contributed by atoms with E-state index in [-0.39, 0.29) is 6.03 Å². The molecule has 0 aliphatic heterocycles. The van der Waals surface area contributed by atoms with Gasteiger partial charge in [-0.1, -0.05) is 12.1 Å². The summed E-state index contributed by atoms with van der Waals surface area (Å²) in [7, 11) is 0. The fraction of sp³-hybridized carbons (Fsp3) is 0.417. The Morgan fingerprint density at radius 3 is 2.88 bits per heavy atom. The molecule has 0 saturated heterocycles. The number of thioether (sulfide) groups is 1. The van der Waals surface area contributed by atoms with Gasteiger partial charge in [0.05, 0.1) is 5.69 Å². The second-order valence-electron chi connectivity index (χ2n) is 3.98. The molecule has 1 aliphatic rings. The lowest BCUT2D eigenvalue weighted by Gasteiger charge is -2.09. The smallest absolute Gasteiger partial charge is 0.319 e. The maximum Gasteiger partial charge on any atom is 0.319 e. The van der Waals surface area contributed by atoms with Crippen LogP contribution in [-0.4, -0.2) is 18.8 Å². The molecule has 1 aromatic carbocycles. The molecule has 0 unspecified atom stereocenters. The first-order valence-electron chi connectivity index (χ1n) is 5.47. The first-order chi connectivity index (χ1) is 7.79. The van der Waals surface area contributed by atoms with Crippen molar-refractivity contribution in [1.29, 1.82) is 0 Å². The second-order valence-corrected chi connectivity index (χ2v) is 4.83. The summed E-state index contributed by atoms with van der Waals surface area (Å²) in [4.78, 5) is 12.7. The van der Waals surface area contributed by atoms with Gasteiger partial charge in [-0.2, -0.15) is 0 Å². The number of carbonyl (C=O) groups excluding carboxylic acids is 1. The number of anilines is 1. The summed E-state index contributed by atoms with van der Waals surface area (Å²) in [6.45, 7) is 0.799. The quantitative estimate of drug-likeness (QED) is 0.789. The van der Waals surface area contributed by atoms with Gasteiger partial charge in [0.2, 0.25) is 0 Å². The molecule has 1 fully saturated rings. The van der Waals surface area contributed by atoms with E-state index in [1.165, 1.54) is 12.8 Å². The lowest BCUT2D eigenvalue weighted by atomic mass is 10.3. The van der Waals surface area contributed by atoms with Gasteiger partial charge < -0.3 is 10.6 Å². The van der Waals surface area contributed by atoms with E-state index >= 15 is 0 Å². The van der Waals surface area contributed by atoms with Crippen LogP contribution in [0.4, 0.5) is 10.5 Å². The molecule has 1 saturated carbocycles. The van der Waals surface area contributed by atoms with E-state index in [1.54, 1.807) is 11.8 Å². The third-order valence-electron chi connectivity index (χ3n) is 2.60. The van der Waals surface area contributed by atoms with Crippen LogP contribution in [0.2, 0.25) is 0 Å². The SMILES string of the molecule is CSc1ccccc1NC(=O)NCC1CC1. The molecule has 1 aliphatic carbocycles. The van der Waals surface area contributed by atoms with Crippen molar-refractivity contribution < 1.29 is 4.79 Å². The predicted molar refractivity (Wildman–Crippen MR) is 68.0 cm³/mol. The van der Waals surface area contributed by atoms with Gasteiger partial charge in [-0.3, -0.25) is 0 Å². The summed E-state index contributed by atoms with van der Waals surface area (Å²) >= 11 is 1.63. The van der Waals surface area contributed by atoms with Crippen molar-refractivity contribution in [3.8, 4) is 0 Å². The molecule has 0 spiro atoms. The van der Waals surface area contributed by atoms with E-state index in [1.807, 2.05) is 30.5 Å². The highest BCUT2D eigenvalue weighted by Gasteiger charge is 2.21. The number of rotatable bonds is 4. The van der Waals surface area contributed by atoms with Crippen LogP contribution in [0.1, 0.15) is 12.8 Å². The van der Waals surface area contributed by atoms with Crippen molar-refractivity contribution >= 4 is 23.5 Å². The molecule has 1 aromatic rings. The summed E-state index contributed by atoms with van der Waals surface area (Å²) in [6.07, 6.45) is 4.51. The van der Waals surface area contributed by atoms with Crippen LogP contribution in [0.3, 0.4) is 0 Å². The molecule has 16 heavy (non-hydrogen) atoms. The minimum absolute atomic E-state index is 0.103. The van der Waals surface area contributed by atoms with Gasteiger partial charge in [-0.05, 0) is 37.1 Å². The average Bonchev–Trinajstić information content (AvgIpc) is 3.11. The van der Waals surface area contributed by atoms with E-state index in [2.05, 4.69) is 10.6 Å².